The molecule has 1 amide bonds. The first-order valence-electron chi connectivity index (χ1n) is 13.7. The fourth-order valence-electron chi connectivity index (χ4n) is 5.01. The van der Waals surface area contributed by atoms with Crippen molar-refractivity contribution in [3.8, 4) is 17.2 Å². The Kier molecular flexibility index (Phi) is 7.81. The molecule has 1 aliphatic heterocycles. The number of aromatic nitrogens is 1. The number of aliphatic hydroxyl groups excluding tert-OH is 1. The van der Waals surface area contributed by atoms with Crippen molar-refractivity contribution in [1.29, 1.82) is 0 Å². The number of benzene rings is 4. The van der Waals surface area contributed by atoms with E-state index in [1.165, 1.54) is 16.2 Å². The maximum absolute atomic E-state index is 13.7. The summed E-state index contributed by atoms with van der Waals surface area (Å²) < 4.78 is 17.7. The average molecular weight is 593 g/mol. The fourth-order valence-corrected chi connectivity index (χ4v) is 6.04. The van der Waals surface area contributed by atoms with Gasteiger partial charge in [-0.05, 0) is 72.6 Å². The van der Waals surface area contributed by atoms with E-state index in [0.29, 0.717) is 52.2 Å². The summed E-state index contributed by atoms with van der Waals surface area (Å²) in [6, 6.07) is 28.2. The number of methoxy groups -OCH3 is 1. The van der Waals surface area contributed by atoms with Gasteiger partial charge in [-0.25, -0.2) is 4.98 Å². The maximum Gasteiger partial charge on any atom is 0.301 e. The summed E-state index contributed by atoms with van der Waals surface area (Å²) in [4.78, 5) is 33.4. The number of carbonyl (C=O) groups excluding carboxylic acids is 2. The van der Waals surface area contributed by atoms with Crippen LogP contribution in [0, 0.1) is 0 Å². The highest BCUT2D eigenvalue weighted by Gasteiger charge is 2.48. The van der Waals surface area contributed by atoms with Gasteiger partial charge in [0.05, 0.1) is 35.5 Å². The maximum atomic E-state index is 13.7. The van der Waals surface area contributed by atoms with E-state index in [-0.39, 0.29) is 11.3 Å². The van der Waals surface area contributed by atoms with Gasteiger partial charge < -0.3 is 19.3 Å². The molecule has 1 N–H and O–H groups in total. The highest BCUT2D eigenvalue weighted by Crippen LogP contribution is 2.45. The standard InChI is InChI=1S/C34H28N2O6S/c1-3-41-24-14-12-22(13-15-24)31(37)29-30(23-10-7-11-26(18-23)42-20-21-8-5-4-6-9-21)36(33(39)32(29)38)34-35-27-17-16-25(40-2)19-28(27)43-34/h4-19,30,37H,3,20H2,1-2H3/b31-29+. The summed E-state index contributed by atoms with van der Waals surface area (Å²) in [6.07, 6.45) is 0. The first kappa shape index (κ1) is 28.0. The summed E-state index contributed by atoms with van der Waals surface area (Å²) in [7, 11) is 1.58. The number of nitrogens with zero attached hydrogens (tertiary/aromatic N) is 2. The zero-order chi connectivity index (χ0) is 29.9. The van der Waals surface area contributed by atoms with Crippen molar-refractivity contribution in [3.63, 3.8) is 0 Å². The average Bonchev–Trinajstić information content (AvgIpc) is 3.58. The molecular formula is C34H28N2O6S. The van der Waals surface area contributed by atoms with Crippen molar-refractivity contribution >= 4 is 44.1 Å². The molecule has 1 unspecified atom stereocenters. The number of hydrogen-bond donors (Lipinski definition) is 1. The van der Waals surface area contributed by atoms with E-state index in [1.807, 2.05) is 49.4 Å². The van der Waals surface area contributed by atoms with Gasteiger partial charge in [0.2, 0.25) is 0 Å². The molecule has 0 saturated carbocycles. The predicted molar refractivity (Wildman–Crippen MR) is 166 cm³/mol. The molecule has 1 atom stereocenters. The second kappa shape index (κ2) is 12.0. The van der Waals surface area contributed by atoms with Crippen LogP contribution >= 0.6 is 11.3 Å². The van der Waals surface area contributed by atoms with E-state index >= 15 is 0 Å². The number of fused-ring (bicyclic) bond motifs is 1. The Hall–Kier alpha value is -5.15. The number of anilines is 1. The Labute approximate surface area is 252 Å². The minimum absolute atomic E-state index is 0.0359. The molecule has 8 nitrogen and oxygen atoms in total. The van der Waals surface area contributed by atoms with Gasteiger partial charge in [0, 0.05) is 5.56 Å². The van der Waals surface area contributed by atoms with Crippen LogP contribution in [0.1, 0.15) is 29.7 Å². The molecule has 5 aromatic rings. The minimum atomic E-state index is -0.950. The van der Waals surface area contributed by atoms with Gasteiger partial charge in [0.1, 0.15) is 29.6 Å². The number of ether oxygens (including phenoxy) is 3. The van der Waals surface area contributed by atoms with Gasteiger partial charge in [-0.1, -0.05) is 53.8 Å². The molecule has 0 radical (unpaired) electrons. The number of rotatable bonds is 9. The van der Waals surface area contributed by atoms with E-state index < -0.39 is 17.7 Å². The highest BCUT2D eigenvalue weighted by molar-refractivity contribution is 7.22. The zero-order valence-corrected chi connectivity index (χ0v) is 24.3. The summed E-state index contributed by atoms with van der Waals surface area (Å²) in [6.45, 7) is 2.72. The Bertz CT molecular complexity index is 1830. The minimum Gasteiger partial charge on any atom is -0.507 e. The third-order valence-electron chi connectivity index (χ3n) is 7.10. The molecule has 0 aliphatic carbocycles. The van der Waals surface area contributed by atoms with Gasteiger partial charge in [0.25, 0.3) is 5.78 Å². The van der Waals surface area contributed by atoms with Crippen LogP contribution in [0.25, 0.3) is 16.0 Å². The number of carbonyl (C=O) groups is 2. The molecule has 0 spiro atoms. The van der Waals surface area contributed by atoms with Crippen molar-refractivity contribution in [2.75, 3.05) is 18.6 Å². The lowest BCUT2D eigenvalue weighted by Gasteiger charge is -2.23. The number of ketones is 1. The molecule has 1 saturated heterocycles. The Balaban J connectivity index is 1.46. The molecule has 0 bridgehead atoms. The molecule has 1 aliphatic rings. The van der Waals surface area contributed by atoms with Crippen molar-refractivity contribution in [1.82, 2.24) is 4.98 Å². The van der Waals surface area contributed by atoms with E-state index in [0.717, 1.165) is 10.3 Å². The molecular weight excluding hydrogens is 564 g/mol. The SMILES string of the molecule is CCOc1ccc(/C(O)=C2\C(=O)C(=O)N(c3nc4ccc(OC)cc4s3)C2c2cccc(OCc3ccccc3)c2)cc1. The molecule has 9 heteroatoms. The third kappa shape index (κ3) is 5.54. The van der Waals surface area contributed by atoms with Crippen LogP contribution in [0.2, 0.25) is 0 Å². The summed E-state index contributed by atoms with van der Waals surface area (Å²) >= 11 is 1.27. The number of aliphatic hydroxyl groups is 1. The summed E-state index contributed by atoms with van der Waals surface area (Å²) in [5, 5.41) is 11.9. The molecule has 1 fully saturated rings. The molecule has 2 heterocycles. The number of Topliss-reactive ketones (excluding diaryl/α,β-unsaturated/α-hetero) is 1. The molecule has 4 aromatic carbocycles. The van der Waals surface area contributed by atoms with E-state index in [2.05, 4.69) is 0 Å². The second-order valence-corrected chi connectivity index (χ2v) is 10.8. The number of thiazole rings is 1. The lowest BCUT2D eigenvalue weighted by molar-refractivity contribution is -0.132. The largest absolute Gasteiger partial charge is 0.507 e. The molecule has 43 heavy (non-hydrogen) atoms. The lowest BCUT2D eigenvalue weighted by atomic mass is 9.95. The fraction of sp³-hybridized carbons (Fsp3) is 0.147. The van der Waals surface area contributed by atoms with Gasteiger partial charge in [-0.2, -0.15) is 0 Å². The van der Waals surface area contributed by atoms with E-state index in [4.69, 9.17) is 19.2 Å². The predicted octanol–water partition coefficient (Wildman–Crippen LogP) is 6.91. The van der Waals surface area contributed by atoms with Crippen LogP contribution in [0.4, 0.5) is 5.13 Å². The smallest absolute Gasteiger partial charge is 0.301 e. The van der Waals surface area contributed by atoms with Crippen molar-refractivity contribution in [2.45, 2.75) is 19.6 Å². The monoisotopic (exact) mass is 592 g/mol. The van der Waals surface area contributed by atoms with E-state index in [1.54, 1.807) is 61.7 Å². The topological polar surface area (TPSA) is 98.2 Å². The normalized spacial score (nSPS) is 16.0. The van der Waals surface area contributed by atoms with Gasteiger partial charge >= 0.3 is 5.91 Å². The zero-order valence-electron chi connectivity index (χ0n) is 23.5. The van der Waals surface area contributed by atoms with Crippen LogP contribution in [-0.4, -0.2) is 35.5 Å². The first-order chi connectivity index (χ1) is 21.0. The van der Waals surface area contributed by atoms with Crippen LogP contribution < -0.4 is 19.1 Å². The lowest BCUT2D eigenvalue weighted by Crippen LogP contribution is -2.29. The number of amides is 1. The van der Waals surface area contributed by atoms with Crippen molar-refractivity contribution in [3.05, 3.63) is 119 Å². The van der Waals surface area contributed by atoms with Gasteiger partial charge in [-0.3, -0.25) is 14.5 Å². The van der Waals surface area contributed by atoms with Crippen LogP contribution in [-0.2, 0) is 16.2 Å². The van der Waals surface area contributed by atoms with E-state index in [9.17, 15) is 14.7 Å². The van der Waals surface area contributed by atoms with Crippen LogP contribution in [0.15, 0.2) is 103 Å². The Morgan fingerprint density at radius 1 is 0.884 bits per heavy atom. The van der Waals surface area contributed by atoms with Gasteiger partial charge in [0.15, 0.2) is 5.13 Å². The Morgan fingerprint density at radius 3 is 2.40 bits per heavy atom. The quantitative estimate of drug-likeness (QED) is 0.113. The van der Waals surface area contributed by atoms with Crippen molar-refractivity contribution < 1.29 is 28.9 Å². The van der Waals surface area contributed by atoms with Crippen molar-refractivity contribution in [2.24, 2.45) is 0 Å². The van der Waals surface area contributed by atoms with Crippen LogP contribution in [0.5, 0.6) is 17.2 Å². The highest BCUT2D eigenvalue weighted by atomic mass is 32.1. The Morgan fingerprint density at radius 2 is 1.65 bits per heavy atom. The van der Waals surface area contributed by atoms with Crippen LogP contribution in [0.3, 0.4) is 0 Å². The molecule has 1 aromatic heterocycles. The first-order valence-corrected chi connectivity index (χ1v) is 14.5. The molecule has 216 valence electrons. The third-order valence-corrected chi connectivity index (χ3v) is 8.11. The molecule has 6 rings (SSSR count). The second-order valence-electron chi connectivity index (χ2n) is 9.80. The summed E-state index contributed by atoms with van der Waals surface area (Å²) in [5.41, 5.74) is 2.60. The van der Waals surface area contributed by atoms with Gasteiger partial charge in [-0.15, -0.1) is 0 Å². The number of hydrogen-bond acceptors (Lipinski definition) is 8. The summed E-state index contributed by atoms with van der Waals surface area (Å²) in [5.74, 6) is -0.0263.